The van der Waals surface area contributed by atoms with Crippen LogP contribution in [0.5, 0.6) is 0 Å². The van der Waals surface area contributed by atoms with Crippen molar-refractivity contribution in [2.75, 3.05) is 19.6 Å². The molecule has 1 heterocycles. The van der Waals surface area contributed by atoms with E-state index in [-0.39, 0.29) is 6.61 Å². The summed E-state index contributed by atoms with van der Waals surface area (Å²) in [7, 11) is 1.43. The van der Waals surface area contributed by atoms with Crippen LogP contribution in [0.4, 0.5) is 0 Å². The van der Waals surface area contributed by atoms with Crippen molar-refractivity contribution in [2.45, 2.75) is 37.6 Å². The van der Waals surface area contributed by atoms with Crippen LogP contribution in [0.3, 0.4) is 0 Å². The van der Waals surface area contributed by atoms with Gasteiger partial charge in [-0.25, -0.2) is 0 Å². The Labute approximate surface area is 93.9 Å². The molecule has 5 atom stereocenters. The monoisotopic (exact) mass is 240 g/mol. The van der Waals surface area contributed by atoms with Gasteiger partial charge in [0.05, 0.1) is 12.7 Å². The Morgan fingerprint density at radius 1 is 1.33 bits per heavy atom. The number of halogens is 1. The van der Waals surface area contributed by atoms with E-state index in [0.29, 0.717) is 5.88 Å². The van der Waals surface area contributed by atoms with Gasteiger partial charge in [-0.3, -0.25) is 0 Å². The summed E-state index contributed by atoms with van der Waals surface area (Å²) in [6, 6.07) is 0. The van der Waals surface area contributed by atoms with Crippen molar-refractivity contribution in [1.82, 2.24) is 0 Å². The average molecular weight is 241 g/mol. The van der Waals surface area contributed by atoms with Gasteiger partial charge < -0.3 is 24.4 Å². The molecule has 0 bridgehead atoms. The first-order valence-electron chi connectivity index (χ1n) is 4.83. The van der Waals surface area contributed by atoms with Gasteiger partial charge >= 0.3 is 0 Å². The lowest BCUT2D eigenvalue weighted by Gasteiger charge is -2.40. The van der Waals surface area contributed by atoms with Crippen molar-refractivity contribution in [1.29, 1.82) is 0 Å². The van der Waals surface area contributed by atoms with Crippen LogP contribution in [0.1, 0.15) is 6.92 Å². The lowest BCUT2D eigenvalue weighted by molar-refractivity contribution is -0.293. The molecule has 0 unspecified atom stereocenters. The summed E-state index contributed by atoms with van der Waals surface area (Å²) in [5, 5.41) is 19.5. The van der Waals surface area contributed by atoms with Gasteiger partial charge in [-0.15, -0.1) is 11.6 Å². The van der Waals surface area contributed by atoms with E-state index in [1.165, 1.54) is 7.11 Å². The van der Waals surface area contributed by atoms with E-state index in [1.54, 1.807) is 6.92 Å². The fourth-order valence-electron chi connectivity index (χ4n) is 1.57. The second-order valence-corrected chi connectivity index (χ2v) is 3.83. The SMILES string of the molecule is CO[C@@H]1O[C@@H](C)[C@@H](O)[C@@H](OCCCl)[C@@H]1O. The molecular weight excluding hydrogens is 224 g/mol. The average Bonchev–Trinajstić information content (AvgIpc) is 2.23. The minimum absolute atomic E-state index is 0.267. The molecule has 0 aliphatic carbocycles. The van der Waals surface area contributed by atoms with E-state index in [4.69, 9.17) is 25.8 Å². The smallest absolute Gasteiger partial charge is 0.186 e. The molecule has 1 aliphatic heterocycles. The summed E-state index contributed by atoms with van der Waals surface area (Å²) in [5.41, 5.74) is 0. The first-order valence-corrected chi connectivity index (χ1v) is 5.37. The van der Waals surface area contributed by atoms with Crippen molar-refractivity contribution in [3.8, 4) is 0 Å². The Kier molecular flexibility index (Phi) is 5.25. The number of aliphatic hydroxyl groups excluding tert-OH is 2. The molecule has 15 heavy (non-hydrogen) atoms. The van der Waals surface area contributed by atoms with E-state index < -0.39 is 30.7 Å². The van der Waals surface area contributed by atoms with Crippen LogP contribution in [0, 0.1) is 0 Å². The molecule has 90 valence electrons. The Morgan fingerprint density at radius 3 is 2.53 bits per heavy atom. The number of hydrogen-bond acceptors (Lipinski definition) is 5. The predicted molar refractivity (Wildman–Crippen MR) is 53.8 cm³/mol. The van der Waals surface area contributed by atoms with Gasteiger partial charge in [0, 0.05) is 13.0 Å². The molecular formula is C9H17ClO5. The van der Waals surface area contributed by atoms with Crippen LogP contribution in [0.25, 0.3) is 0 Å². The van der Waals surface area contributed by atoms with E-state index in [2.05, 4.69) is 0 Å². The first kappa shape index (κ1) is 13.2. The van der Waals surface area contributed by atoms with Crippen LogP contribution in [-0.4, -0.2) is 60.5 Å². The van der Waals surface area contributed by atoms with Crippen molar-refractivity contribution in [2.24, 2.45) is 0 Å². The summed E-state index contributed by atoms with van der Waals surface area (Å²) >= 11 is 5.47. The molecule has 5 nitrogen and oxygen atoms in total. The van der Waals surface area contributed by atoms with Crippen LogP contribution >= 0.6 is 11.6 Å². The Bertz CT molecular complexity index is 191. The number of methoxy groups -OCH3 is 1. The molecule has 1 aliphatic rings. The number of alkyl halides is 1. The fraction of sp³-hybridized carbons (Fsp3) is 1.00. The molecule has 1 rings (SSSR count). The van der Waals surface area contributed by atoms with Crippen LogP contribution in [0.2, 0.25) is 0 Å². The van der Waals surface area contributed by atoms with Crippen molar-refractivity contribution >= 4 is 11.6 Å². The molecule has 0 aromatic carbocycles. The third-order valence-electron chi connectivity index (χ3n) is 2.40. The fourth-order valence-corrected chi connectivity index (χ4v) is 1.66. The van der Waals surface area contributed by atoms with E-state index in [1.807, 2.05) is 0 Å². The highest BCUT2D eigenvalue weighted by Gasteiger charge is 2.43. The Balaban J connectivity index is 2.62. The normalized spacial score (nSPS) is 41.8. The topological polar surface area (TPSA) is 68.2 Å². The molecule has 0 saturated carbocycles. The largest absolute Gasteiger partial charge is 0.388 e. The third-order valence-corrected chi connectivity index (χ3v) is 2.56. The molecule has 0 aromatic rings. The Hall–Kier alpha value is 0.0900. The summed E-state index contributed by atoms with van der Waals surface area (Å²) in [6.07, 6.45) is -3.83. The van der Waals surface area contributed by atoms with Crippen molar-refractivity contribution < 1.29 is 24.4 Å². The highest BCUT2D eigenvalue weighted by molar-refractivity contribution is 6.17. The summed E-state index contributed by atoms with van der Waals surface area (Å²) in [4.78, 5) is 0. The summed E-state index contributed by atoms with van der Waals surface area (Å²) in [6.45, 7) is 1.96. The molecule has 6 heteroatoms. The summed E-state index contributed by atoms with van der Waals surface area (Å²) in [5.74, 6) is 0.308. The van der Waals surface area contributed by atoms with Crippen molar-refractivity contribution in [3.63, 3.8) is 0 Å². The lowest BCUT2D eigenvalue weighted by atomic mass is 10.00. The first-order chi connectivity index (χ1) is 7.11. The minimum atomic E-state index is -1.01. The molecule has 0 amide bonds. The zero-order chi connectivity index (χ0) is 11.4. The van der Waals surface area contributed by atoms with Gasteiger partial charge in [0.1, 0.15) is 18.3 Å². The quantitative estimate of drug-likeness (QED) is 0.662. The zero-order valence-electron chi connectivity index (χ0n) is 8.80. The van der Waals surface area contributed by atoms with E-state index >= 15 is 0 Å². The predicted octanol–water partition coefficient (Wildman–Crippen LogP) is -0.277. The molecule has 1 saturated heterocycles. The maximum atomic E-state index is 9.77. The second-order valence-electron chi connectivity index (χ2n) is 3.45. The van der Waals surface area contributed by atoms with Gasteiger partial charge in [0.2, 0.25) is 0 Å². The lowest BCUT2D eigenvalue weighted by Crippen LogP contribution is -2.58. The highest BCUT2D eigenvalue weighted by Crippen LogP contribution is 2.23. The second kappa shape index (κ2) is 5.98. The standard InChI is InChI=1S/C9H17ClO5/c1-5-6(11)8(14-4-3-10)7(12)9(13-2)15-5/h5-9,11-12H,3-4H2,1-2H3/t5-,6+,7-,8+,9+/m0/s1. The van der Waals surface area contributed by atoms with Crippen LogP contribution in [-0.2, 0) is 14.2 Å². The maximum absolute atomic E-state index is 9.77. The van der Waals surface area contributed by atoms with Crippen molar-refractivity contribution in [3.05, 3.63) is 0 Å². The van der Waals surface area contributed by atoms with Crippen LogP contribution < -0.4 is 0 Å². The maximum Gasteiger partial charge on any atom is 0.186 e. The molecule has 1 fully saturated rings. The highest BCUT2D eigenvalue weighted by atomic mass is 35.5. The third kappa shape index (κ3) is 3.03. The molecule has 0 aromatic heterocycles. The van der Waals surface area contributed by atoms with E-state index in [9.17, 15) is 10.2 Å². The number of rotatable bonds is 4. The molecule has 2 N–H and O–H groups in total. The zero-order valence-corrected chi connectivity index (χ0v) is 9.55. The molecule has 0 radical (unpaired) electrons. The minimum Gasteiger partial charge on any atom is -0.388 e. The number of hydrogen-bond donors (Lipinski definition) is 2. The van der Waals surface area contributed by atoms with Gasteiger partial charge in [-0.1, -0.05) is 0 Å². The van der Waals surface area contributed by atoms with Gasteiger partial charge in [0.15, 0.2) is 6.29 Å². The van der Waals surface area contributed by atoms with E-state index in [0.717, 1.165) is 0 Å². The Morgan fingerprint density at radius 2 is 2.00 bits per heavy atom. The molecule has 0 spiro atoms. The number of aliphatic hydroxyl groups is 2. The van der Waals surface area contributed by atoms with Gasteiger partial charge in [0.25, 0.3) is 0 Å². The van der Waals surface area contributed by atoms with Gasteiger partial charge in [-0.2, -0.15) is 0 Å². The van der Waals surface area contributed by atoms with Gasteiger partial charge in [-0.05, 0) is 6.92 Å². The summed E-state index contributed by atoms with van der Waals surface area (Å²) < 4.78 is 15.4. The number of ether oxygens (including phenoxy) is 3. The van der Waals surface area contributed by atoms with Crippen LogP contribution in [0.15, 0.2) is 0 Å².